The maximum Gasteiger partial charge on any atom is 0.280 e. The van der Waals surface area contributed by atoms with Crippen LogP contribution < -0.4 is 10.2 Å². The molecular formula is C14H19ClN2O2. The summed E-state index contributed by atoms with van der Waals surface area (Å²) < 4.78 is 5.59. The van der Waals surface area contributed by atoms with Crippen LogP contribution in [0.1, 0.15) is 32.8 Å². The summed E-state index contributed by atoms with van der Waals surface area (Å²) >= 11 is 5.86. The minimum atomic E-state index is -0.617. The maximum absolute atomic E-state index is 11.8. The standard InChI is InChI=1S/C14H19ClN2O2/c1-5-10(3)16-17-14(18)11(4)19-13-7-6-12(15)8-9(13)2/h6-8,11H,5H2,1-4H3,(H,17,18)/t11-/m1/s1. The molecule has 4 nitrogen and oxygen atoms in total. The molecule has 0 aliphatic rings. The number of carbonyl (C=O) groups excluding carboxylic acids is 1. The van der Waals surface area contributed by atoms with E-state index in [1.165, 1.54) is 0 Å². The van der Waals surface area contributed by atoms with E-state index in [0.29, 0.717) is 10.8 Å². The van der Waals surface area contributed by atoms with Crippen molar-refractivity contribution < 1.29 is 9.53 Å². The van der Waals surface area contributed by atoms with Crippen molar-refractivity contribution in [3.8, 4) is 5.75 Å². The highest BCUT2D eigenvalue weighted by Gasteiger charge is 2.15. The van der Waals surface area contributed by atoms with Crippen LogP contribution >= 0.6 is 11.6 Å². The molecule has 1 aromatic carbocycles. The van der Waals surface area contributed by atoms with Crippen molar-refractivity contribution in [3.63, 3.8) is 0 Å². The van der Waals surface area contributed by atoms with Crippen LogP contribution in [0.4, 0.5) is 0 Å². The number of aryl methyl sites for hydroxylation is 1. The Labute approximate surface area is 118 Å². The van der Waals surface area contributed by atoms with Gasteiger partial charge >= 0.3 is 0 Å². The Kier molecular flexibility index (Phi) is 5.83. The van der Waals surface area contributed by atoms with E-state index in [1.54, 1.807) is 25.1 Å². The van der Waals surface area contributed by atoms with Gasteiger partial charge in [-0.05, 0) is 51.0 Å². The number of hydrogen-bond donors (Lipinski definition) is 1. The molecule has 1 amide bonds. The van der Waals surface area contributed by atoms with Gasteiger partial charge in [-0.15, -0.1) is 0 Å². The monoisotopic (exact) mass is 282 g/mol. The molecule has 0 aliphatic heterocycles. The van der Waals surface area contributed by atoms with Crippen LogP contribution in [0.25, 0.3) is 0 Å². The molecule has 0 heterocycles. The van der Waals surface area contributed by atoms with Crippen LogP contribution in [0.15, 0.2) is 23.3 Å². The highest BCUT2D eigenvalue weighted by molar-refractivity contribution is 6.30. The lowest BCUT2D eigenvalue weighted by molar-refractivity contribution is -0.127. The molecule has 1 N–H and O–H groups in total. The van der Waals surface area contributed by atoms with E-state index < -0.39 is 6.10 Å². The lowest BCUT2D eigenvalue weighted by Gasteiger charge is -2.15. The minimum absolute atomic E-state index is 0.276. The van der Waals surface area contributed by atoms with Crippen LogP contribution in [0.3, 0.4) is 0 Å². The first-order valence-corrected chi connectivity index (χ1v) is 6.57. The average molecular weight is 283 g/mol. The van der Waals surface area contributed by atoms with Gasteiger partial charge in [0.2, 0.25) is 0 Å². The van der Waals surface area contributed by atoms with Crippen molar-refractivity contribution >= 4 is 23.2 Å². The van der Waals surface area contributed by atoms with Gasteiger partial charge in [0, 0.05) is 10.7 Å². The van der Waals surface area contributed by atoms with Crippen molar-refractivity contribution in [1.82, 2.24) is 5.43 Å². The number of amides is 1. The van der Waals surface area contributed by atoms with Crippen LogP contribution in [0.2, 0.25) is 5.02 Å². The Balaban J connectivity index is 2.63. The summed E-state index contributed by atoms with van der Waals surface area (Å²) in [6, 6.07) is 5.27. The Morgan fingerprint density at radius 2 is 2.21 bits per heavy atom. The second-order valence-electron chi connectivity index (χ2n) is 4.35. The lowest BCUT2D eigenvalue weighted by Crippen LogP contribution is -2.34. The van der Waals surface area contributed by atoms with Crippen molar-refractivity contribution in [3.05, 3.63) is 28.8 Å². The van der Waals surface area contributed by atoms with Gasteiger partial charge in [-0.25, -0.2) is 5.43 Å². The largest absolute Gasteiger partial charge is 0.481 e. The number of nitrogens with zero attached hydrogens (tertiary/aromatic N) is 1. The molecule has 104 valence electrons. The first kappa shape index (κ1) is 15.5. The van der Waals surface area contributed by atoms with Gasteiger partial charge in [0.15, 0.2) is 6.10 Å². The van der Waals surface area contributed by atoms with E-state index in [1.807, 2.05) is 20.8 Å². The van der Waals surface area contributed by atoms with Gasteiger partial charge in [0.1, 0.15) is 5.75 Å². The number of benzene rings is 1. The molecule has 1 aromatic rings. The molecule has 5 heteroatoms. The van der Waals surface area contributed by atoms with E-state index in [9.17, 15) is 4.79 Å². The summed E-state index contributed by atoms with van der Waals surface area (Å²) in [6.07, 6.45) is 0.180. The SMILES string of the molecule is CCC(C)=NNC(=O)[C@@H](C)Oc1ccc(Cl)cc1C. The van der Waals surface area contributed by atoms with E-state index in [4.69, 9.17) is 16.3 Å². The first-order valence-electron chi connectivity index (χ1n) is 6.19. The summed E-state index contributed by atoms with van der Waals surface area (Å²) in [6.45, 7) is 7.39. The van der Waals surface area contributed by atoms with Gasteiger partial charge in [0.25, 0.3) is 5.91 Å². The normalized spacial score (nSPS) is 13.0. The fraction of sp³-hybridized carbons (Fsp3) is 0.429. The smallest absolute Gasteiger partial charge is 0.280 e. The Hall–Kier alpha value is -1.55. The van der Waals surface area contributed by atoms with E-state index in [0.717, 1.165) is 17.7 Å². The van der Waals surface area contributed by atoms with E-state index >= 15 is 0 Å². The average Bonchev–Trinajstić information content (AvgIpc) is 2.38. The summed E-state index contributed by atoms with van der Waals surface area (Å²) in [4.78, 5) is 11.8. The molecular weight excluding hydrogens is 264 g/mol. The zero-order valence-electron chi connectivity index (χ0n) is 11.7. The molecule has 1 rings (SSSR count). The van der Waals surface area contributed by atoms with Crippen molar-refractivity contribution in [2.24, 2.45) is 5.10 Å². The second kappa shape index (κ2) is 7.14. The molecule has 1 atom stereocenters. The third-order valence-electron chi connectivity index (χ3n) is 2.68. The molecule has 0 saturated carbocycles. The molecule has 0 fully saturated rings. The Morgan fingerprint density at radius 1 is 1.53 bits per heavy atom. The number of hydrazone groups is 1. The third-order valence-corrected chi connectivity index (χ3v) is 2.91. The molecule has 0 spiro atoms. The fourth-order valence-electron chi connectivity index (χ4n) is 1.31. The number of rotatable bonds is 5. The van der Waals surface area contributed by atoms with Gasteiger partial charge in [0.05, 0.1) is 0 Å². The highest BCUT2D eigenvalue weighted by Crippen LogP contribution is 2.22. The zero-order chi connectivity index (χ0) is 14.4. The molecule has 0 unspecified atom stereocenters. The summed E-state index contributed by atoms with van der Waals surface area (Å²) in [5.74, 6) is 0.366. The lowest BCUT2D eigenvalue weighted by atomic mass is 10.2. The van der Waals surface area contributed by atoms with Gasteiger partial charge in [-0.2, -0.15) is 5.10 Å². The maximum atomic E-state index is 11.8. The van der Waals surface area contributed by atoms with Gasteiger partial charge in [-0.1, -0.05) is 18.5 Å². The number of hydrogen-bond acceptors (Lipinski definition) is 3. The molecule has 0 aliphatic carbocycles. The fourth-order valence-corrected chi connectivity index (χ4v) is 1.54. The van der Waals surface area contributed by atoms with Crippen LogP contribution in [-0.4, -0.2) is 17.7 Å². The van der Waals surface area contributed by atoms with E-state index in [2.05, 4.69) is 10.5 Å². The summed E-state index contributed by atoms with van der Waals surface area (Å²) in [5, 5.41) is 4.60. The molecule has 19 heavy (non-hydrogen) atoms. The van der Waals surface area contributed by atoms with Crippen LogP contribution in [0, 0.1) is 6.92 Å². The third kappa shape index (κ3) is 4.91. The Bertz CT molecular complexity index is 486. The molecule has 0 radical (unpaired) electrons. The zero-order valence-corrected chi connectivity index (χ0v) is 12.4. The number of ether oxygens (including phenoxy) is 1. The van der Waals surface area contributed by atoms with Gasteiger partial charge in [-0.3, -0.25) is 4.79 Å². The predicted molar refractivity (Wildman–Crippen MR) is 77.8 cm³/mol. The topological polar surface area (TPSA) is 50.7 Å². The van der Waals surface area contributed by atoms with Crippen molar-refractivity contribution in [1.29, 1.82) is 0 Å². The van der Waals surface area contributed by atoms with Gasteiger partial charge < -0.3 is 4.74 Å². The van der Waals surface area contributed by atoms with Crippen LogP contribution in [0.5, 0.6) is 5.75 Å². The molecule has 0 saturated heterocycles. The minimum Gasteiger partial charge on any atom is -0.481 e. The summed E-state index contributed by atoms with van der Waals surface area (Å²) in [5.41, 5.74) is 4.24. The van der Waals surface area contributed by atoms with E-state index in [-0.39, 0.29) is 5.91 Å². The van der Waals surface area contributed by atoms with Crippen molar-refractivity contribution in [2.45, 2.75) is 40.2 Å². The van der Waals surface area contributed by atoms with Crippen LogP contribution in [-0.2, 0) is 4.79 Å². The predicted octanol–water partition coefficient (Wildman–Crippen LogP) is 3.32. The summed E-state index contributed by atoms with van der Waals surface area (Å²) in [7, 11) is 0. The number of nitrogens with one attached hydrogen (secondary N) is 1. The van der Waals surface area contributed by atoms with Crippen molar-refractivity contribution in [2.75, 3.05) is 0 Å². The molecule has 0 aromatic heterocycles. The number of halogens is 1. The molecule has 0 bridgehead atoms. The quantitative estimate of drug-likeness (QED) is 0.665. The first-order chi connectivity index (χ1) is 8.93. The Morgan fingerprint density at radius 3 is 2.79 bits per heavy atom. The second-order valence-corrected chi connectivity index (χ2v) is 4.78. The number of carbonyl (C=O) groups is 1. The highest BCUT2D eigenvalue weighted by atomic mass is 35.5.